The van der Waals surface area contributed by atoms with Crippen LogP contribution in [0.1, 0.15) is 34.8 Å². The summed E-state index contributed by atoms with van der Waals surface area (Å²) in [4.78, 5) is 2.44. The van der Waals surface area contributed by atoms with Gasteiger partial charge in [0.2, 0.25) is 0 Å². The van der Waals surface area contributed by atoms with Crippen LogP contribution >= 0.6 is 0 Å². The van der Waals surface area contributed by atoms with E-state index in [2.05, 4.69) is 86.1 Å². The van der Waals surface area contributed by atoms with Gasteiger partial charge in [0, 0.05) is 43.6 Å². The first-order valence-corrected chi connectivity index (χ1v) is 11.3. The van der Waals surface area contributed by atoms with Crippen LogP contribution in [0.5, 0.6) is 0 Å². The van der Waals surface area contributed by atoms with Gasteiger partial charge in [-0.25, -0.2) is 0 Å². The third-order valence-electron chi connectivity index (χ3n) is 6.70. The van der Waals surface area contributed by atoms with E-state index in [1.165, 1.54) is 28.1 Å². The molecule has 31 heavy (non-hydrogen) atoms. The highest BCUT2D eigenvalue weighted by Gasteiger charge is 2.28. The second-order valence-electron chi connectivity index (χ2n) is 8.58. The van der Waals surface area contributed by atoms with Crippen molar-refractivity contribution in [1.29, 1.82) is 0 Å². The molecule has 2 aromatic carbocycles. The Labute approximate surface area is 183 Å². The van der Waals surface area contributed by atoms with Gasteiger partial charge in [0.15, 0.2) is 0 Å². The number of aromatic nitrogens is 2. The van der Waals surface area contributed by atoms with E-state index in [4.69, 9.17) is 5.10 Å². The molecule has 0 amide bonds. The van der Waals surface area contributed by atoms with Crippen LogP contribution in [0.4, 0.5) is 11.4 Å². The zero-order chi connectivity index (χ0) is 20.6. The summed E-state index contributed by atoms with van der Waals surface area (Å²) in [5.74, 6) is 0. The van der Waals surface area contributed by atoms with Crippen LogP contribution < -0.4 is 15.6 Å². The SMILES string of the molecule is C1=CN(Nc2ccc(N3CCNCC3)cc2)Cc2c1cnn2[C@H]1CCc2ccccc21. The predicted molar refractivity (Wildman–Crippen MR) is 125 cm³/mol. The van der Waals surface area contributed by atoms with Crippen molar-refractivity contribution < 1.29 is 0 Å². The van der Waals surface area contributed by atoms with Gasteiger partial charge >= 0.3 is 0 Å². The summed E-state index contributed by atoms with van der Waals surface area (Å²) in [5.41, 5.74) is 11.3. The van der Waals surface area contributed by atoms with Gasteiger partial charge in [-0.3, -0.25) is 15.1 Å². The Kier molecular flexibility index (Phi) is 4.65. The Hall–Kier alpha value is -3.25. The van der Waals surface area contributed by atoms with Crippen LogP contribution in [0.2, 0.25) is 0 Å². The first-order valence-electron chi connectivity index (χ1n) is 11.3. The lowest BCUT2D eigenvalue weighted by Crippen LogP contribution is -2.43. The Bertz CT molecular complexity index is 1090. The molecule has 0 saturated carbocycles. The summed E-state index contributed by atoms with van der Waals surface area (Å²) in [6.07, 6.45) is 8.53. The average Bonchev–Trinajstić information content (AvgIpc) is 3.44. The molecular formula is C25H28N6. The molecule has 1 atom stereocenters. The molecule has 2 aliphatic heterocycles. The molecule has 0 unspecified atom stereocenters. The highest BCUT2D eigenvalue weighted by molar-refractivity contribution is 5.57. The number of nitrogens with zero attached hydrogens (tertiary/aromatic N) is 4. The molecule has 6 rings (SSSR count). The van der Waals surface area contributed by atoms with Gasteiger partial charge in [0.1, 0.15) is 0 Å². The average molecular weight is 413 g/mol. The van der Waals surface area contributed by atoms with Gasteiger partial charge in [-0.15, -0.1) is 0 Å². The molecule has 1 fully saturated rings. The fourth-order valence-electron chi connectivity index (χ4n) is 5.06. The molecule has 0 spiro atoms. The standard InChI is InChI=1S/C25H28N6/c1-2-4-23-19(3-1)5-10-24(23)31-25-18-30(14-11-20(25)17-27-31)28-21-6-8-22(9-7-21)29-15-12-26-13-16-29/h1-4,6-9,11,14,17,24,26,28H,5,10,12-13,15-16,18H2/t24-/m0/s1. The van der Waals surface area contributed by atoms with Crippen LogP contribution in [0.25, 0.3) is 6.08 Å². The van der Waals surface area contributed by atoms with E-state index in [0.717, 1.165) is 51.3 Å². The second-order valence-corrected chi connectivity index (χ2v) is 8.58. The minimum absolute atomic E-state index is 0.339. The fourth-order valence-corrected chi connectivity index (χ4v) is 5.06. The quantitative estimate of drug-likeness (QED) is 0.685. The Morgan fingerprint density at radius 2 is 1.84 bits per heavy atom. The van der Waals surface area contributed by atoms with E-state index in [0.29, 0.717) is 6.04 Å². The monoisotopic (exact) mass is 412 g/mol. The normalized spacial score (nSPS) is 19.9. The lowest BCUT2D eigenvalue weighted by molar-refractivity contribution is 0.399. The number of rotatable bonds is 4. The first kappa shape index (κ1) is 18.5. The van der Waals surface area contributed by atoms with Crippen LogP contribution in [0.15, 0.2) is 60.9 Å². The molecule has 1 aromatic heterocycles. The van der Waals surface area contributed by atoms with Gasteiger partial charge in [0.25, 0.3) is 0 Å². The predicted octanol–water partition coefficient (Wildman–Crippen LogP) is 3.64. The van der Waals surface area contributed by atoms with E-state index in [1.54, 1.807) is 0 Å². The Balaban J connectivity index is 1.18. The summed E-state index contributed by atoms with van der Waals surface area (Å²) >= 11 is 0. The molecule has 2 N–H and O–H groups in total. The third-order valence-corrected chi connectivity index (χ3v) is 6.70. The number of hydrogen-bond acceptors (Lipinski definition) is 5. The molecule has 1 aliphatic carbocycles. The maximum absolute atomic E-state index is 4.78. The maximum Gasteiger partial charge on any atom is 0.0812 e. The van der Waals surface area contributed by atoms with Gasteiger partial charge < -0.3 is 10.2 Å². The van der Waals surface area contributed by atoms with Crippen molar-refractivity contribution in [2.24, 2.45) is 0 Å². The lowest BCUT2D eigenvalue weighted by atomic mass is 10.1. The van der Waals surface area contributed by atoms with Crippen molar-refractivity contribution in [1.82, 2.24) is 20.1 Å². The molecule has 3 aliphatic rings. The van der Waals surface area contributed by atoms with Gasteiger partial charge in [-0.1, -0.05) is 24.3 Å². The number of hydrazine groups is 1. The zero-order valence-corrected chi connectivity index (χ0v) is 17.7. The van der Waals surface area contributed by atoms with E-state index in [1.807, 2.05) is 6.20 Å². The number of nitrogens with one attached hydrogen (secondary N) is 2. The Morgan fingerprint density at radius 3 is 2.71 bits per heavy atom. The first-order chi connectivity index (χ1) is 15.3. The van der Waals surface area contributed by atoms with Crippen molar-refractivity contribution >= 4 is 17.5 Å². The Morgan fingerprint density at radius 1 is 1.00 bits per heavy atom. The van der Waals surface area contributed by atoms with Crippen LogP contribution in [-0.4, -0.2) is 41.0 Å². The smallest absolute Gasteiger partial charge is 0.0812 e. The topological polar surface area (TPSA) is 48.4 Å². The fraction of sp³-hybridized carbons (Fsp3) is 0.320. The minimum Gasteiger partial charge on any atom is -0.369 e. The molecule has 3 heterocycles. The van der Waals surface area contributed by atoms with E-state index < -0.39 is 0 Å². The second kappa shape index (κ2) is 7.78. The van der Waals surface area contributed by atoms with E-state index in [-0.39, 0.29) is 0 Å². The largest absolute Gasteiger partial charge is 0.369 e. The molecule has 1 saturated heterocycles. The molecule has 0 bridgehead atoms. The number of hydrogen-bond donors (Lipinski definition) is 2. The van der Waals surface area contributed by atoms with Crippen LogP contribution in [-0.2, 0) is 13.0 Å². The molecule has 6 heteroatoms. The molecule has 158 valence electrons. The highest BCUT2D eigenvalue weighted by Crippen LogP contribution is 2.36. The summed E-state index contributed by atoms with van der Waals surface area (Å²) in [7, 11) is 0. The van der Waals surface area contributed by atoms with Crippen molar-refractivity contribution in [3.63, 3.8) is 0 Å². The van der Waals surface area contributed by atoms with Crippen molar-refractivity contribution in [3.8, 4) is 0 Å². The minimum atomic E-state index is 0.339. The number of piperazine rings is 1. The molecule has 0 radical (unpaired) electrons. The third kappa shape index (κ3) is 3.47. The maximum atomic E-state index is 4.78. The highest BCUT2D eigenvalue weighted by atomic mass is 15.5. The van der Waals surface area contributed by atoms with E-state index in [9.17, 15) is 0 Å². The number of fused-ring (bicyclic) bond motifs is 2. The summed E-state index contributed by atoms with van der Waals surface area (Å²) < 4.78 is 2.24. The summed E-state index contributed by atoms with van der Waals surface area (Å²) in [6.45, 7) is 5.04. The lowest BCUT2D eigenvalue weighted by Gasteiger charge is -2.30. The van der Waals surface area contributed by atoms with Crippen molar-refractivity contribution in [2.45, 2.75) is 25.4 Å². The number of anilines is 2. The van der Waals surface area contributed by atoms with E-state index >= 15 is 0 Å². The molecular weight excluding hydrogens is 384 g/mol. The zero-order valence-electron chi connectivity index (χ0n) is 17.7. The molecule has 3 aromatic rings. The summed E-state index contributed by atoms with van der Waals surface area (Å²) in [5, 5.41) is 10.3. The van der Waals surface area contributed by atoms with Crippen molar-refractivity contribution in [3.05, 3.63) is 83.3 Å². The van der Waals surface area contributed by atoms with Crippen molar-refractivity contribution in [2.75, 3.05) is 36.5 Å². The summed E-state index contributed by atoms with van der Waals surface area (Å²) in [6, 6.07) is 17.9. The number of benzene rings is 2. The van der Waals surface area contributed by atoms with Gasteiger partial charge in [-0.05, 0) is 54.3 Å². The molecule has 6 nitrogen and oxygen atoms in total. The van der Waals surface area contributed by atoms with Crippen LogP contribution in [0, 0.1) is 0 Å². The number of aryl methyl sites for hydroxylation is 1. The van der Waals surface area contributed by atoms with Gasteiger partial charge in [0.05, 0.1) is 30.2 Å². The van der Waals surface area contributed by atoms with Gasteiger partial charge in [-0.2, -0.15) is 5.10 Å². The van der Waals surface area contributed by atoms with Crippen LogP contribution in [0.3, 0.4) is 0 Å².